The number of hydrogen-bond donors (Lipinski definition) is 1. The van der Waals surface area contributed by atoms with Gasteiger partial charge in [-0.15, -0.1) is 0 Å². The molecule has 178 valence electrons. The zero-order valence-electron chi connectivity index (χ0n) is 19.8. The molecule has 5 aliphatic rings. The Kier molecular flexibility index (Phi) is 3.96. The van der Waals surface area contributed by atoms with Crippen LogP contribution in [0.3, 0.4) is 0 Å². The third-order valence-corrected chi connectivity index (χ3v) is 10.2. The molecule has 7 heteroatoms. The smallest absolute Gasteiger partial charge is 0.339 e. The lowest BCUT2D eigenvalue weighted by Gasteiger charge is -2.67. The fourth-order valence-electron chi connectivity index (χ4n) is 8.79. The zero-order valence-corrected chi connectivity index (χ0v) is 19.8. The van der Waals surface area contributed by atoms with Gasteiger partial charge < -0.3 is 23.7 Å². The second kappa shape index (κ2) is 6.11. The fraction of sp³-hybridized carbons (Fsp3) is 0.692. The Bertz CT molecular complexity index is 1060. The van der Waals surface area contributed by atoms with E-state index < -0.39 is 45.8 Å². The monoisotopic (exact) mass is 456 g/mol. The van der Waals surface area contributed by atoms with Gasteiger partial charge in [0.05, 0.1) is 18.6 Å². The Morgan fingerprint density at radius 3 is 2.52 bits per heavy atom. The molecule has 2 aliphatic carbocycles. The molecule has 7 nitrogen and oxygen atoms in total. The number of furan rings is 1. The maximum atomic E-state index is 13.1. The Morgan fingerprint density at radius 1 is 1.06 bits per heavy atom. The Labute approximate surface area is 193 Å². The van der Waals surface area contributed by atoms with Crippen LogP contribution in [0.4, 0.5) is 0 Å². The highest BCUT2D eigenvalue weighted by atomic mass is 16.7. The highest BCUT2D eigenvalue weighted by Gasteiger charge is 2.87. The summed E-state index contributed by atoms with van der Waals surface area (Å²) in [4.78, 5) is 25.5. The normalized spacial score (nSPS) is 51.8. The standard InChI is InChI=1S/C26H32O7/c1-22(2)16-12-17(27)25(5)15(23(16,3)9-7-18(28)32-22)6-10-24(4)19(14-8-11-30-13-14)31-21(29)20-26(24,25)33-20/h7-9,11,13,15-17,19-20,27H,6,10,12H2,1-5H3/t15-,16+,17-,19-,20-,23-,24+,25+,26-/m1/s1. The van der Waals surface area contributed by atoms with Gasteiger partial charge in [-0.05, 0) is 50.5 Å². The molecule has 0 amide bonds. The van der Waals surface area contributed by atoms with Gasteiger partial charge in [0.25, 0.3) is 0 Å². The van der Waals surface area contributed by atoms with Crippen LogP contribution in [0, 0.1) is 28.1 Å². The first-order valence-corrected chi connectivity index (χ1v) is 11.9. The van der Waals surface area contributed by atoms with E-state index in [0.29, 0.717) is 6.42 Å². The van der Waals surface area contributed by atoms with E-state index in [-0.39, 0.29) is 23.8 Å². The van der Waals surface area contributed by atoms with Crippen molar-refractivity contribution in [3.8, 4) is 0 Å². The summed E-state index contributed by atoms with van der Waals surface area (Å²) in [5.74, 6) is -0.820. The molecule has 0 bridgehead atoms. The molecule has 33 heavy (non-hydrogen) atoms. The predicted molar refractivity (Wildman–Crippen MR) is 116 cm³/mol. The average molecular weight is 457 g/mol. The molecule has 0 radical (unpaired) electrons. The van der Waals surface area contributed by atoms with Crippen LogP contribution >= 0.6 is 0 Å². The number of hydrogen-bond acceptors (Lipinski definition) is 7. The maximum absolute atomic E-state index is 13.1. The minimum atomic E-state index is -0.858. The summed E-state index contributed by atoms with van der Waals surface area (Å²) >= 11 is 0. The number of aliphatic hydroxyl groups excluding tert-OH is 1. The Balaban J connectivity index is 1.52. The second-order valence-corrected chi connectivity index (χ2v) is 11.9. The van der Waals surface area contributed by atoms with Gasteiger partial charge in [-0.2, -0.15) is 0 Å². The number of allylic oxidation sites excluding steroid dienone is 1. The molecular formula is C26H32O7. The van der Waals surface area contributed by atoms with E-state index in [4.69, 9.17) is 18.6 Å². The Hall–Kier alpha value is -2.12. The van der Waals surface area contributed by atoms with Crippen molar-refractivity contribution >= 4 is 11.9 Å². The minimum Gasteiger partial charge on any atom is -0.472 e. The molecule has 3 aliphatic heterocycles. The van der Waals surface area contributed by atoms with Crippen LogP contribution in [0.15, 0.2) is 35.2 Å². The number of ether oxygens (including phenoxy) is 3. The van der Waals surface area contributed by atoms with Crippen LogP contribution in [-0.2, 0) is 23.8 Å². The first kappa shape index (κ1) is 21.4. The highest BCUT2D eigenvalue weighted by molar-refractivity contribution is 5.83. The molecule has 6 rings (SSSR count). The summed E-state index contributed by atoms with van der Waals surface area (Å²) in [6.07, 6.45) is 6.82. The molecular weight excluding hydrogens is 424 g/mol. The van der Waals surface area contributed by atoms with Crippen molar-refractivity contribution in [2.75, 3.05) is 0 Å². The van der Waals surface area contributed by atoms with Crippen LogP contribution in [0.5, 0.6) is 0 Å². The quantitative estimate of drug-likeness (QED) is 0.508. The molecule has 2 saturated heterocycles. The number of carbonyl (C=O) groups is 2. The van der Waals surface area contributed by atoms with Crippen molar-refractivity contribution in [2.45, 2.75) is 83.4 Å². The maximum Gasteiger partial charge on any atom is 0.339 e. The largest absolute Gasteiger partial charge is 0.472 e. The van der Waals surface area contributed by atoms with E-state index >= 15 is 0 Å². The van der Waals surface area contributed by atoms with Crippen molar-refractivity contribution in [3.63, 3.8) is 0 Å². The van der Waals surface area contributed by atoms with Crippen LogP contribution in [0.25, 0.3) is 0 Å². The van der Waals surface area contributed by atoms with Crippen molar-refractivity contribution in [1.29, 1.82) is 0 Å². The molecule has 1 aromatic heterocycles. The van der Waals surface area contributed by atoms with Crippen molar-refractivity contribution < 1.29 is 33.3 Å². The van der Waals surface area contributed by atoms with Gasteiger partial charge in [0, 0.05) is 28.4 Å². The van der Waals surface area contributed by atoms with Gasteiger partial charge >= 0.3 is 11.9 Å². The molecule has 1 spiro atoms. The number of fused-ring (bicyclic) bond motifs is 3. The lowest BCUT2D eigenvalue weighted by atomic mass is 9.37. The van der Waals surface area contributed by atoms with Gasteiger partial charge in [-0.3, -0.25) is 0 Å². The summed E-state index contributed by atoms with van der Waals surface area (Å²) < 4.78 is 23.4. The number of epoxide rings is 1. The first-order chi connectivity index (χ1) is 15.4. The highest BCUT2D eigenvalue weighted by Crippen LogP contribution is 2.79. The number of rotatable bonds is 1. The molecule has 2 saturated carbocycles. The van der Waals surface area contributed by atoms with E-state index in [1.54, 1.807) is 18.6 Å². The van der Waals surface area contributed by atoms with Gasteiger partial charge in [-0.1, -0.05) is 26.8 Å². The first-order valence-electron chi connectivity index (χ1n) is 11.9. The van der Waals surface area contributed by atoms with Gasteiger partial charge in [0.15, 0.2) is 6.10 Å². The van der Waals surface area contributed by atoms with E-state index in [0.717, 1.165) is 18.4 Å². The van der Waals surface area contributed by atoms with Crippen LogP contribution in [0.1, 0.15) is 65.5 Å². The summed E-state index contributed by atoms with van der Waals surface area (Å²) in [7, 11) is 0. The van der Waals surface area contributed by atoms with Crippen LogP contribution < -0.4 is 0 Å². The third kappa shape index (κ3) is 2.28. The number of carbonyl (C=O) groups excluding carboxylic acids is 2. The summed E-state index contributed by atoms with van der Waals surface area (Å²) in [6.45, 7) is 10.3. The lowest BCUT2D eigenvalue weighted by molar-refractivity contribution is -0.252. The van der Waals surface area contributed by atoms with Crippen LogP contribution in [-0.4, -0.2) is 40.5 Å². The predicted octanol–water partition coefficient (Wildman–Crippen LogP) is 3.72. The van der Waals surface area contributed by atoms with E-state index in [9.17, 15) is 14.7 Å². The van der Waals surface area contributed by atoms with E-state index in [1.165, 1.54) is 0 Å². The average Bonchev–Trinajstić information content (AvgIpc) is 3.33. The van der Waals surface area contributed by atoms with Gasteiger partial charge in [0.2, 0.25) is 0 Å². The number of aliphatic hydroxyl groups is 1. The van der Waals surface area contributed by atoms with Gasteiger partial charge in [-0.25, -0.2) is 9.59 Å². The van der Waals surface area contributed by atoms with E-state index in [2.05, 4.69) is 20.8 Å². The molecule has 1 N–H and O–H groups in total. The molecule has 0 unspecified atom stereocenters. The van der Waals surface area contributed by atoms with Crippen molar-refractivity contribution in [2.24, 2.45) is 28.1 Å². The molecule has 9 atom stereocenters. The summed E-state index contributed by atoms with van der Waals surface area (Å²) in [6, 6.07) is 1.84. The summed E-state index contributed by atoms with van der Waals surface area (Å²) in [5.41, 5.74) is -2.44. The fourth-order valence-corrected chi connectivity index (χ4v) is 8.79. The number of cyclic esters (lactones) is 2. The van der Waals surface area contributed by atoms with Crippen molar-refractivity contribution in [1.82, 2.24) is 0 Å². The molecule has 4 fully saturated rings. The number of esters is 2. The van der Waals surface area contributed by atoms with Crippen LogP contribution in [0.2, 0.25) is 0 Å². The molecule has 4 heterocycles. The van der Waals surface area contributed by atoms with Gasteiger partial charge in [0.1, 0.15) is 17.3 Å². The topological polar surface area (TPSA) is 98.5 Å². The SMILES string of the molecule is CC1(C)OC(=O)C=C[C@]2(C)[C@H]3CC[C@@]4(C)[C@@H](c5ccoc5)OC(=O)[C@H]5O[C@]54[C@]3(C)[C@H](O)C[C@@H]12. The lowest BCUT2D eigenvalue weighted by Crippen LogP contribution is -2.72. The minimum absolute atomic E-state index is 0.0160. The van der Waals surface area contributed by atoms with E-state index in [1.807, 2.05) is 26.0 Å². The third-order valence-electron chi connectivity index (χ3n) is 10.2. The second-order valence-electron chi connectivity index (χ2n) is 11.9. The molecule has 0 aromatic carbocycles. The summed E-state index contributed by atoms with van der Waals surface area (Å²) in [5, 5.41) is 11.8. The Morgan fingerprint density at radius 2 is 1.82 bits per heavy atom. The molecule has 1 aromatic rings. The van der Waals surface area contributed by atoms with Crippen molar-refractivity contribution in [3.05, 3.63) is 36.3 Å². The zero-order chi connectivity index (χ0) is 23.6.